The van der Waals surface area contributed by atoms with Crippen molar-refractivity contribution in [2.75, 3.05) is 37.6 Å². The zero-order valence-corrected chi connectivity index (χ0v) is 14.1. The van der Waals surface area contributed by atoms with Crippen LogP contribution in [0.25, 0.3) is 11.0 Å². The molecule has 7 nitrogen and oxygen atoms in total. The summed E-state index contributed by atoms with van der Waals surface area (Å²) in [6.45, 7) is 4.33. The highest BCUT2D eigenvalue weighted by molar-refractivity contribution is 6.37. The predicted molar refractivity (Wildman–Crippen MR) is 96.5 cm³/mol. The van der Waals surface area contributed by atoms with Crippen LogP contribution in [-0.4, -0.2) is 72.6 Å². The monoisotopic (exact) mass is 326 g/mol. The number of nitrogens with zero attached hydrogens (tertiary/aromatic N) is 4. The third kappa shape index (κ3) is 2.86. The van der Waals surface area contributed by atoms with E-state index < -0.39 is 0 Å². The molecule has 126 valence electrons. The van der Waals surface area contributed by atoms with E-state index in [1.54, 1.807) is 0 Å². The molecule has 2 aromatic rings. The number of amides is 1. The Morgan fingerprint density at radius 2 is 2.12 bits per heavy atom. The molecule has 8 heteroatoms. The quantitative estimate of drug-likeness (QED) is 0.708. The smallest absolute Gasteiger partial charge is 0.224 e. The zero-order chi connectivity index (χ0) is 16.5. The first kappa shape index (κ1) is 15.4. The number of fused-ring (bicyclic) bond motifs is 1. The fourth-order valence-corrected chi connectivity index (χ4v) is 3.86. The van der Waals surface area contributed by atoms with E-state index in [1.165, 1.54) is 12.1 Å². The first-order valence-corrected chi connectivity index (χ1v) is 8.77. The van der Waals surface area contributed by atoms with E-state index in [1.807, 2.05) is 17.3 Å². The number of anilines is 1. The van der Waals surface area contributed by atoms with Gasteiger partial charge in [-0.15, -0.1) is 0 Å². The molecule has 4 heterocycles. The van der Waals surface area contributed by atoms with Crippen molar-refractivity contribution in [3.8, 4) is 0 Å². The Balaban J connectivity index is 1.43. The maximum Gasteiger partial charge on any atom is 0.224 e. The lowest BCUT2D eigenvalue weighted by Crippen LogP contribution is -2.50. The number of aromatic nitrogens is 3. The number of aromatic amines is 1. The van der Waals surface area contributed by atoms with Gasteiger partial charge in [-0.1, -0.05) is 0 Å². The fraction of sp³-hybridized carbons (Fsp3) is 0.562. The van der Waals surface area contributed by atoms with Gasteiger partial charge in [0, 0.05) is 50.5 Å². The zero-order valence-electron chi connectivity index (χ0n) is 14.1. The summed E-state index contributed by atoms with van der Waals surface area (Å²) in [5.41, 5.74) is 3.17. The molecule has 1 amide bonds. The summed E-state index contributed by atoms with van der Waals surface area (Å²) in [4.78, 5) is 21.2. The normalized spacial score (nSPS) is 21.6. The van der Waals surface area contributed by atoms with Gasteiger partial charge in [0.05, 0.1) is 11.6 Å². The fourth-order valence-electron chi connectivity index (χ4n) is 3.86. The summed E-state index contributed by atoms with van der Waals surface area (Å²) >= 11 is 0. The van der Waals surface area contributed by atoms with Gasteiger partial charge in [0.15, 0.2) is 5.65 Å². The van der Waals surface area contributed by atoms with Crippen molar-refractivity contribution in [3.63, 3.8) is 0 Å². The topological polar surface area (TPSA) is 77.2 Å². The molecule has 0 aromatic carbocycles. The van der Waals surface area contributed by atoms with Crippen molar-refractivity contribution in [1.82, 2.24) is 25.4 Å². The van der Waals surface area contributed by atoms with Crippen LogP contribution in [0, 0.1) is 0 Å². The average molecular weight is 326 g/mol. The number of carbonyl (C=O) groups is 1. The molecule has 2 fully saturated rings. The molecular weight excluding hydrogens is 303 g/mol. The SMILES string of the molecule is Bc1cnc2[nH]ncc2c1N1CCN(C(=O)CC2CCCN2)CC1. The molecule has 1 unspecified atom stereocenters. The van der Waals surface area contributed by atoms with Crippen molar-refractivity contribution in [2.24, 2.45) is 0 Å². The maximum atomic E-state index is 12.5. The van der Waals surface area contributed by atoms with Crippen LogP contribution < -0.4 is 15.7 Å². The van der Waals surface area contributed by atoms with Gasteiger partial charge in [0.25, 0.3) is 0 Å². The highest BCUT2D eigenvalue weighted by Crippen LogP contribution is 2.23. The summed E-state index contributed by atoms with van der Waals surface area (Å²) in [5, 5.41) is 11.5. The molecule has 0 spiro atoms. The molecule has 0 bridgehead atoms. The van der Waals surface area contributed by atoms with Crippen molar-refractivity contribution in [3.05, 3.63) is 12.4 Å². The van der Waals surface area contributed by atoms with Crippen molar-refractivity contribution < 1.29 is 4.79 Å². The molecule has 2 aromatic heterocycles. The Morgan fingerprint density at radius 3 is 2.88 bits per heavy atom. The van der Waals surface area contributed by atoms with Gasteiger partial charge in [-0.05, 0) is 24.8 Å². The van der Waals surface area contributed by atoms with Gasteiger partial charge in [-0.3, -0.25) is 9.89 Å². The van der Waals surface area contributed by atoms with E-state index in [0.29, 0.717) is 12.5 Å². The van der Waals surface area contributed by atoms with Crippen LogP contribution in [0.3, 0.4) is 0 Å². The van der Waals surface area contributed by atoms with Crippen LogP contribution in [-0.2, 0) is 4.79 Å². The minimum Gasteiger partial charge on any atom is -0.368 e. The van der Waals surface area contributed by atoms with Crippen molar-refractivity contribution >= 4 is 35.9 Å². The molecule has 2 N–H and O–H groups in total. The standard InChI is InChI=1S/C16H23BN6O/c17-13-10-19-16-12(9-20-21-16)15(13)23-6-4-22(5-7-23)14(24)8-11-2-1-3-18-11/h9-11,18H,1-8,17H2,(H,19,20,21). The molecule has 0 radical (unpaired) electrons. The number of carbonyl (C=O) groups excluding carboxylic acids is 1. The number of H-pyrrole nitrogens is 1. The first-order chi connectivity index (χ1) is 11.7. The van der Waals surface area contributed by atoms with Crippen LogP contribution >= 0.6 is 0 Å². The number of nitrogens with one attached hydrogen (secondary N) is 2. The van der Waals surface area contributed by atoms with E-state index in [2.05, 4.69) is 33.2 Å². The lowest BCUT2D eigenvalue weighted by atomic mass is 9.94. The van der Waals surface area contributed by atoms with Crippen LogP contribution in [0.5, 0.6) is 0 Å². The van der Waals surface area contributed by atoms with E-state index in [4.69, 9.17) is 0 Å². The molecule has 1 atom stereocenters. The Bertz CT molecular complexity index is 733. The Labute approximate surface area is 142 Å². The summed E-state index contributed by atoms with van der Waals surface area (Å²) in [6, 6.07) is 0.378. The highest BCUT2D eigenvalue weighted by atomic mass is 16.2. The van der Waals surface area contributed by atoms with Gasteiger partial charge < -0.3 is 15.1 Å². The van der Waals surface area contributed by atoms with Crippen LogP contribution in [0.2, 0.25) is 0 Å². The van der Waals surface area contributed by atoms with Crippen LogP contribution in [0.4, 0.5) is 5.69 Å². The molecule has 2 aliphatic rings. The Kier molecular flexibility index (Phi) is 4.14. The predicted octanol–water partition coefficient (Wildman–Crippen LogP) is -0.993. The molecule has 0 saturated carbocycles. The van der Waals surface area contributed by atoms with Gasteiger partial charge in [-0.25, -0.2) is 4.98 Å². The Morgan fingerprint density at radius 1 is 1.29 bits per heavy atom. The number of hydrogen-bond donors (Lipinski definition) is 2. The summed E-state index contributed by atoms with van der Waals surface area (Å²) < 4.78 is 0. The molecule has 0 aliphatic carbocycles. The number of rotatable bonds is 3. The van der Waals surface area contributed by atoms with Crippen LogP contribution in [0.1, 0.15) is 19.3 Å². The van der Waals surface area contributed by atoms with Gasteiger partial charge in [0.1, 0.15) is 7.85 Å². The molecule has 4 rings (SSSR count). The summed E-state index contributed by atoms with van der Waals surface area (Å²) in [6.07, 6.45) is 6.68. The van der Waals surface area contributed by atoms with E-state index in [9.17, 15) is 4.79 Å². The number of piperazine rings is 1. The molecule has 24 heavy (non-hydrogen) atoms. The third-order valence-corrected chi connectivity index (χ3v) is 5.17. The van der Waals surface area contributed by atoms with Gasteiger partial charge in [0.2, 0.25) is 5.91 Å². The summed E-state index contributed by atoms with van der Waals surface area (Å²) in [7, 11) is 2.08. The van der Waals surface area contributed by atoms with E-state index in [-0.39, 0.29) is 5.91 Å². The highest BCUT2D eigenvalue weighted by Gasteiger charge is 2.26. The Hall–Kier alpha value is -2.09. The number of hydrogen-bond acceptors (Lipinski definition) is 5. The van der Waals surface area contributed by atoms with Gasteiger partial charge in [-0.2, -0.15) is 5.10 Å². The maximum absolute atomic E-state index is 12.5. The lowest BCUT2D eigenvalue weighted by molar-refractivity contribution is -0.131. The summed E-state index contributed by atoms with van der Waals surface area (Å²) in [5.74, 6) is 0.286. The third-order valence-electron chi connectivity index (χ3n) is 5.17. The minimum absolute atomic E-state index is 0.286. The molecule has 2 saturated heterocycles. The largest absolute Gasteiger partial charge is 0.368 e. The second-order valence-electron chi connectivity index (χ2n) is 6.79. The lowest BCUT2D eigenvalue weighted by Gasteiger charge is -2.37. The average Bonchev–Trinajstić information content (AvgIpc) is 3.26. The molecular formula is C16H23BN6O. The second-order valence-corrected chi connectivity index (χ2v) is 6.79. The van der Waals surface area contributed by atoms with E-state index in [0.717, 1.165) is 55.6 Å². The number of pyridine rings is 1. The van der Waals surface area contributed by atoms with Crippen molar-refractivity contribution in [2.45, 2.75) is 25.3 Å². The van der Waals surface area contributed by atoms with Crippen molar-refractivity contribution in [1.29, 1.82) is 0 Å². The van der Waals surface area contributed by atoms with Gasteiger partial charge >= 0.3 is 0 Å². The molecule has 2 aliphatic heterocycles. The van der Waals surface area contributed by atoms with Crippen LogP contribution in [0.15, 0.2) is 12.4 Å². The second kappa shape index (κ2) is 6.43. The van der Waals surface area contributed by atoms with E-state index >= 15 is 0 Å². The first-order valence-electron chi connectivity index (χ1n) is 8.77. The minimum atomic E-state index is 0.286.